The van der Waals surface area contributed by atoms with Gasteiger partial charge in [-0.2, -0.15) is 0 Å². The fourth-order valence-electron chi connectivity index (χ4n) is 2.57. The Hall–Kier alpha value is -2.36. The Labute approximate surface area is 136 Å². The lowest BCUT2D eigenvalue weighted by Crippen LogP contribution is -2.43. The predicted octanol–water partition coefficient (Wildman–Crippen LogP) is 3.53. The minimum absolute atomic E-state index is 0.0476. The van der Waals surface area contributed by atoms with Gasteiger partial charge in [-0.1, -0.05) is 42.5 Å². The molecular formula is C19H23NO3. The summed E-state index contributed by atoms with van der Waals surface area (Å²) < 4.78 is 0. The van der Waals surface area contributed by atoms with Gasteiger partial charge in [0.05, 0.1) is 0 Å². The average molecular weight is 313 g/mol. The van der Waals surface area contributed by atoms with Crippen LogP contribution in [0.4, 0.5) is 0 Å². The van der Waals surface area contributed by atoms with Crippen molar-refractivity contribution in [1.82, 2.24) is 5.32 Å². The molecule has 2 aromatic rings. The molecule has 0 spiro atoms. The topological polar surface area (TPSA) is 66.4 Å². The van der Waals surface area contributed by atoms with E-state index in [4.69, 9.17) is 5.11 Å². The number of carboxylic acid groups (broad SMARTS) is 1. The van der Waals surface area contributed by atoms with Gasteiger partial charge in [0.25, 0.3) is 0 Å². The molecule has 0 aliphatic carbocycles. The lowest BCUT2D eigenvalue weighted by atomic mass is 9.97. The SMILES string of the molecule is CC(C)(CCC(=O)O)NC(=O)CCc1ccc2ccccc2c1. The highest BCUT2D eigenvalue weighted by molar-refractivity contribution is 5.83. The average Bonchev–Trinajstić information content (AvgIpc) is 2.50. The highest BCUT2D eigenvalue weighted by Crippen LogP contribution is 2.17. The number of nitrogens with one attached hydrogen (secondary N) is 1. The smallest absolute Gasteiger partial charge is 0.303 e. The van der Waals surface area contributed by atoms with Crippen molar-refractivity contribution >= 4 is 22.6 Å². The molecule has 0 aliphatic heterocycles. The first kappa shape index (κ1) is 17.0. The number of carbonyl (C=O) groups excluding carboxylic acids is 1. The summed E-state index contributed by atoms with van der Waals surface area (Å²) in [7, 11) is 0. The van der Waals surface area contributed by atoms with Crippen LogP contribution in [-0.4, -0.2) is 22.5 Å². The number of aryl methyl sites for hydroxylation is 1. The summed E-state index contributed by atoms with van der Waals surface area (Å²) >= 11 is 0. The summed E-state index contributed by atoms with van der Waals surface area (Å²) in [5, 5.41) is 14.0. The number of amides is 1. The highest BCUT2D eigenvalue weighted by atomic mass is 16.4. The first-order chi connectivity index (χ1) is 10.9. The number of rotatable bonds is 7. The van der Waals surface area contributed by atoms with Crippen LogP contribution in [-0.2, 0) is 16.0 Å². The Bertz CT molecular complexity index is 707. The van der Waals surface area contributed by atoms with Crippen LogP contribution in [0.2, 0.25) is 0 Å². The summed E-state index contributed by atoms with van der Waals surface area (Å²) in [4.78, 5) is 22.7. The van der Waals surface area contributed by atoms with E-state index in [1.54, 1.807) is 0 Å². The van der Waals surface area contributed by atoms with Crippen LogP contribution >= 0.6 is 0 Å². The zero-order chi connectivity index (χ0) is 16.9. The van der Waals surface area contributed by atoms with E-state index in [0.29, 0.717) is 19.3 Å². The van der Waals surface area contributed by atoms with Gasteiger partial charge in [0.2, 0.25) is 5.91 Å². The predicted molar refractivity (Wildman–Crippen MR) is 91.4 cm³/mol. The Morgan fingerprint density at radius 1 is 1.04 bits per heavy atom. The monoisotopic (exact) mass is 313 g/mol. The van der Waals surface area contributed by atoms with Gasteiger partial charge in [-0.3, -0.25) is 9.59 Å². The summed E-state index contributed by atoms with van der Waals surface area (Å²) in [5.41, 5.74) is 0.626. The molecule has 0 unspecified atom stereocenters. The van der Waals surface area contributed by atoms with Crippen molar-refractivity contribution in [1.29, 1.82) is 0 Å². The minimum atomic E-state index is -0.844. The fraction of sp³-hybridized carbons (Fsp3) is 0.368. The van der Waals surface area contributed by atoms with Crippen LogP contribution in [0.15, 0.2) is 42.5 Å². The zero-order valence-corrected chi connectivity index (χ0v) is 13.6. The number of carboxylic acids is 1. The van der Waals surface area contributed by atoms with Gasteiger partial charge in [-0.05, 0) is 43.0 Å². The molecular weight excluding hydrogens is 290 g/mol. The maximum absolute atomic E-state index is 12.1. The van der Waals surface area contributed by atoms with E-state index in [1.165, 1.54) is 10.8 Å². The van der Waals surface area contributed by atoms with Gasteiger partial charge < -0.3 is 10.4 Å². The van der Waals surface area contributed by atoms with Gasteiger partial charge in [0.15, 0.2) is 0 Å². The van der Waals surface area contributed by atoms with Crippen molar-refractivity contribution in [2.45, 2.75) is 45.1 Å². The van der Waals surface area contributed by atoms with Gasteiger partial charge >= 0.3 is 5.97 Å². The second-order valence-electron chi connectivity index (χ2n) is 6.51. The van der Waals surface area contributed by atoms with E-state index in [9.17, 15) is 9.59 Å². The molecule has 0 fully saturated rings. The van der Waals surface area contributed by atoms with Crippen LogP contribution in [0.5, 0.6) is 0 Å². The Morgan fingerprint density at radius 2 is 1.74 bits per heavy atom. The van der Waals surface area contributed by atoms with Gasteiger partial charge in [-0.15, -0.1) is 0 Å². The van der Waals surface area contributed by atoms with Gasteiger partial charge in [0, 0.05) is 18.4 Å². The largest absolute Gasteiger partial charge is 0.481 e. The lowest BCUT2D eigenvalue weighted by molar-refractivity contribution is -0.137. The first-order valence-electron chi connectivity index (χ1n) is 7.86. The second-order valence-corrected chi connectivity index (χ2v) is 6.51. The molecule has 0 saturated carbocycles. The number of hydrogen-bond donors (Lipinski definition) is 2. The maximum atomic E-state index is 12.1. The number of benzene rings is 2. The summed E-state index contributed by atoms with van der Waals surface area (Å²) in [5.74, 6) is -0.892. The molecule has 1 amide bonds. The lowest BCUT2D eigenvalue weighted by Gasteiger charge is -2.25. The van der Waals surface area contributed by atoms with E-state index < -0.39 is 11.5 Å². The number of carbonyl (C=O) groups is 2. The molecule has 0 aliphatic rings. The first-order valence-corrected chi connectivity index (χ1v) is 7.86. The van der Waals surface area contributed by atoms with Crippen molar-refractivity contribution in [2.24, 2.45) is 0 Å². The third kappa shape index (κ3) is 5.40. The Balaban J connectivity index is 1.88. The third-order valence-electron chi connectivity index (χ3n) is 3.90. The molecule has 0 aromatic heterocycles. The molecule has 2 rings (SSSR count). The quantitative estimate of drug-likeness (QED) is 0.821. The highest BCUT2D eigenvalue weighted by Gasteiger charge is 2.21. The number of hydrogen-bond acceptors (Lipinski definition) is 2. The third-order valence-corrected chi connectivity index (χ3v) is 3.90. The van der Waals surface area contributed by atoms with Crippen molar-refractivity contribution < 1.29 is 14.7 Å². The summed E-state index contributed by atoms with van der Waals surface area (Å²) in [6.07, 6.45) is 1.54. The molecule has 4 nitrogen and oxygen atoms in total. The summed E-state index contributed by atoms with van der Waals surface area (Å²) in [6.45, 7) is 3.70. The van der Waals surface area contributed by atoms with Crippen LogP contribution in [0, 0.1) is 0 Å². The molecule has 0 radical (unpaired) electrons. The minimum Gasteiger partial charge on any atom is -0.481 e. The van der Waals surface area contributed by atoms with Crippen molar-refractivity contribution in [2.75, 3.05) is 0 Å². The van der Waals surface area contributed by atoms with Crippen molar-refractivity contribution in [3.8, 4) is 0 Å². The molecule has 2 aromatic carbocycles. The molecule has 0 atom stereocenters. The standard InChI is InChI=1S/C19H23NO3/c1-19(2,12-11-18(22)23)20-17(21)10-8-14-7-9-15-5-3-4-6-16(15)13-14/h3-7,9,13H,8,10-12H2,1-2H3,(H,20,21)(H,22,23). The van der Waals surface area contributed by atoms with Crippen molar-refractivity contribution in [3.63, 3.8) is 0 Å². The number of fused-ring (bicyclic) bond motifs is 1. The van der Waals surface area contributed by atoms with E-state index in [-0.39, 0.29) is 12.3 Å². The van der Waals surface area contributed by atoms with Gasteiger partial charge in [0.1, 0.15) is 0 Å². The normalized spacial score (nSPS) is 11.4. The molecule has 122 valence electrons. The van der Waals surface area contributed by atoms with Crippen LogP contribution in [0.1, 0.15) is 38.7 Å². The summed E-state index contributed by atoms with van der Waals surface area (Å²) in [6, 6.07) is 14.4. The second kappa shape index (κ2) is 7.27. The molecule has 4 heteroatoms. The molecule has 0 bridgehead atoms. The van der Waals surface area contributed by atoms with E-state index in [1.807, 2.05) is 32.0 Å². The van der Waals surface area contributed by atoms with Crippen LogP contribution in [0.3, 0.4) is 0 Å². The van der Waals surface area contributed by atoms with Gasteiger partial charge in [-0.25, -0.2) is 0 Å². The van der Waals surface area contributed by atoms with Crippen LogP contribution in [0.25, 0.3) is 10.8 Å². The van der Waals surface area contributed by atoms with E-state index in [2.05, 4.69) is 29.6 Å². The maximum Gasteiger partial charge on any atom is 0.303 e. The molecule has 23 heavy (non-hydrogen) atoms. The molecule has 0 saturated heterocycles. The van der Waals surface area contributed by atoms with Crippen molar-refractivity contribution in [3.05, 3.63) is 48.0 Å². The van der Waals surface area contributed by atoms with E-state index in [0.717, 1.165) is 5.56 Å². The van der Waals surface area contributed by atoms with Crippen LogP contribution < -0.4 is 5.32 Å². The Kier molecular flexibility index (Phi) is 5.37. The molecule has 2 N–H and O–H groups in total. The zero-order valence-electron chi connectivity index (χ0n) is 13.6. The molecule has 0 heterocycles. The van der Waals surface area contributed by atoms with E-state index >= 15 is 0 Å². The fourth-order valence-corrected chi connectivity index (χ4v) is 2.57. The number of aliphatic carboxylic acids is 1. The Morgan fingerprint density at radius 3 is 2.43 bits per heavy atom.